The zero-order chi connectivity index (χ0) is 14.1. The fraction of sp³-hybridized carbons (Fsp3) is 0.500. The maximum absolute atomic E-state index is 11.4. The number of aliphatic hydroxyl groups is 1. The average Bonchev–Trinajstić information content (AvgIpc) is 2.37. The van der Waals surface area contributed by atoms with Crippen LogP contribution in [0, 0.1) is 6.92 Å². The fourth-order valence-corrected chi connectivity index (χ4v) is 1.54. The third kappa shape index (κ3) is 6.67. The second-order valence-corrected chi connectivity index (χ2v) is 4.46. The number of carbonyl (C=O) groups is 1. The molecule has 1 atom stereocenters. The van der Waals surface area contributed by atoms with Crippen molar-refractivity contribution in [1.82, 2.24) is 10.6 Å². The van der Waals surface area contributed by atoms with E-state index in [1.165, 1.54) is 0 Å². The minimum Gasteiger partial charge on any atom is -0.489 e. The van der Waals surface area contributed by atoms with Gasteiger partial charge >= 0.3 is 6.03 Å². The van der Waals surface area contributed by atoms with Crippen LogP contribution in [0.15, 0.2) is 24.3 Å². The van der Waals surface area contributed by atoms with Crippen LogP contribution >= 0.6 is 0 Å². The summed E-state index contributed by atoms with van der Waals surface area (Å²) in [6, 6.07) is 7.55. The number of amides is 2. The van der Waals surface area contributed by atoms with Crippen LogP contribution in [0.4, 0.5) is 4.79 Å². The summed E-state index contributed by atoms with van der Waals surface area (Å²) in [5.41, 5.74) is 1.14. The summed E-state index contributed by atoms with van der Waals surface area (Å²) in [6.07, 6.45) is 0.452. The third-order valence-corrected chi connectivity index (χ3v) is 2.50. The van der Waals surface area contributed by atoms with Crippen molar-refractivity contribution in [3.05, 3.63) is 29.8 Å². The molecule has 0 fully saturated rings. The molecule has 5 nitrogen and oxygen atoms in total. The van der Waals surface area contributed by atoms with Gasteiger partial charge in [-0.3, -0.25) is 0 Å². The molecule has 0 heterocycles. The molecule has 1 aromatic carbocycles. The van der Waals surface area contributed by atoms with Gasteiger partial charge in [0.1, 0.15) is 11.9 Å². The Morgan fingerprint density at radius 3 is 2.89 bits per heavy atom. The summed E-state index contributed by atoms with van der Waals surface area (Å²) >= 11 is 0. The molecular formula is C14H22N2O3. The van der Waals surface area contributed by atoms with Crippen molar-refractivity contribution in [3.8, 4) is 5.75 Å². The van der Waals surface area contributed by atoms with E-state index in [4.69, 9.17) is 9.84 Å². The van der Waals surface area contributed by atoms with Gasteiger partial charge in [-0.05, 0) is 38.0 Å². The first-order valence-electron chi connectivity index (χ1n) is 6.47. The van der Waals surface area contributed by atoms with Gasteiger partial charge in [-0.25, -0.2) is 4.79 Å². The van der Waals surface area contributed by atoms with Gasteiger partial charge in [0.15, 0.2) is 0 Å². The topological polar surface area (TPSA) is 70.6 Å². The van der Waals surface area contributed by atoms with E-state index in [9.17, 15) is 4.79 Å². The van der Waals surface area contributed by atoms with Crippen molar-refractivity contribution >= 4 is 6.03 Å². The number of benzene rings is 1. The Bertz CT molecular complexity index is 396. The molecule has 1 rings (SSSR count). The highest BCUT2D eigenvalue weighted by atomic mass is 16.5. The summed E-state index contributed by atoms with van der Waals surface area (Å²) < 4.78 is 5.69. The minimum atomic E-state index is -0.242. The van der Waals surface area contributed by atoms with Crippen LogP contribution in [0.2, 0.25) is 0 Å². The van der Waals surface area contributed by atoms with Crippen LogP contribution in [0.3, 0.4) is 0 Å². The molecule has 0 radical (unpaired) electrons. The van der Waals surface area contributed by atoms with E-state index in [0.717, 1.165) is 11.3 Å². The monoisotopic (exact) mass is 266 g/mol. The fourth-order valence-electron chi connectivity index (χ4n) is 1.54. The second kappa shape index (κ2) is 8.37. The van der Waals surface area contributed by atoms with E-state index in [-0.39, 0.29) is 18.7 Å². The van der Waals surface area contributed by atoms with E-state index in [1.54, 1.807) is 0 Å². The Hall–Kier alpha value is -1.75. The lowest BCUT2D eigenvalue weighted by Gasteiger charge is -2.16. The lowest BCUT2D eigenvalue weighted by Crippen LogP contribution is -2.40. The lowest BCUT2D eigenvalue weighted by molar-refractivity contribution is 0.207. The molecule has 3 N–H and O–H groups in total. The molecule has 5 heteroatoms. The predicted octanol–water partition coefficient (Wildman–Crippen LogP) is 1.44. The molecule has 0 aliphatic carbocycles. The molecule has 0 saturated heterocycles. The third-order valence-electron chi connectivity index (χ3n) is 2.50. The highest BCUT2D eigenvalue weighted by molar-refractivity contribution is 5.73. The van der Waals surface area contributed by atoms with E-state index < -0.39 is 0 Å². The summed E-state index contributed by atoms with van der Waals surface area (Å²) in [4.78, 5) is 11.4. The first-order valence-corrected chi connectivity index (χ1v) is 6.47. The van der Waals surface area contributed by atoms with Crippen LogP contribution in [0.5, 0.6) is 5.75 Å². The molecule has 0 aliphatic heterocycles. The zero-order valence-corrected chi connectivity index (χ0v) is 11.5. The van der Waals surface area contributed by atoms with E-state index >= 15 is 0 Å². The quantitative estimate of drug-likeness (QED) is 0.654. The normalized spacial score (nSPS) is 11.7. The largest absolute Gasteiger partial charge is 0.489 e. The number of aliphatic hydroxyl groups excluding tert-OH is 1. The highest BCUT2D eigenvalue weighted by Gasteiger charge is 2.06. The number of urea groups is 1. The molecule has 1 unspecified atom stereocenters. The summed E-state index contributed by atoms with van der Waals surface area (Å²) in [6.45, 7) is 4.88. The molecule has 1 aromatic rings. The number of nitrogens with one attached hydrogen (secondary N) is 2. The van der Waals surface area contributed by atoms with Gasteiger partial charge in [0.2, 0.25) is 0 Å². The summed E-state index contributed by atoms with van der Waals surface area (Å²) in [5.74, 6) is 0.801. The molecule has 0 saturated carbocycles. The molecule has 0 aliphatic rings. The van der Waals surface area contributed by atoms with Crippen molar-refractivity contribution in [3.63, 3.8) is 0 Å². The SMILES string of the molecule is Cc1cccc(OC(C)CNC(=O)NCCCO)c1. The van der Waals surface area contributed by atoms with Crippen LogP contribution < -0.4 is 15.4 Å². The van der Waals surface area contributed by atoms with Gasteiger partial charge in [-0.2, -0.15) is 0 Å². The second-order valence-electron chi connectivity index (χ2n) is 4.46. The highest BCUT2D eigenvalue weighted by Crippen LogP contribution is 2.13. The van der Waals surface area contributed by atoms with Gasteiger partial charge < -0.3 is 20.5 Å². The lowest BCUT2D eigenvalue weighted by atomic mass is 10.2. The predicted molar refractivity (Wildman–Crippen MR) is 74.4 cm³/mol. The number of aryl methyl sites for hydroxylation is 1. The molecule has 106 valence electrons. The number of rotatable bonds is 7. The Morgan fingerprint density at radius 2 is 2.21 bits per heavy atom. The number of hydrogen-bond donors (Lipinski definition) is 3. The van der Waals surface area contributed by atoms with Crippen LogP contribution in [0.25, 0.3) is 0 Å². The maximum Gasteiger partial charge on any atom is 0.314 e. The molecule has 19 heavy (non-hydrogen) atoms. The van der Waals surface area contributed by atoms with Crippen molar-refractivity contribution in [2.45, 2.75) is 26.4 Å². The van der Waals surface area contributed by atoms with Crippen molar-refractivity contribution in [1.29, 1.82) is 0 Å². The molecular weight excluding hydrogens is 244 g/mol. The van der Waals surface area contributed by atoms with Gasteiger partial charge in [-0.15, -0.1) is 0 Å². The molecule has 0 aromatic heterocycles. The molecule has 0 bridgehead atoms. The van der Waals surface area contributed by atoms with Gasteiger partial charge in [0.25, 0.3) is 0 Å². The summed E-state index contributed by atoms with van der Waals surface area (Å²) in [7, 11) is 0. The van der Waals surface area contributed by atoms with E-state index in [1.807, 2.05) is 38.1 Å². The Balaban J connectivity index is 2.24. The summed E-state index contributed by atoms with van der Waals surface area (Å²) in [5, 5.41) is 14.0. The Labute approximate surface area is 114 Å². The maximum atomic E-state index is 11.4. The van der Waals surface area contributed by atoms with E-state index in [2.05, 4.69) is 10.6 Å². The van der Waals surface area contributed by atoms with Crippen molar-refractivity contribution in [2.75, 3.05) is 19.7 Å². The Morgan fingerprint density at radius 1 is 1.42 bits per heavy atom. The first kappa shape index (κ1) is 15.3. The van der Waals surface area contributed by atoms with Crippen LogP contribution in [0.1, 0.15) is 18.9 Å². The van der Waals surface area contributed by atoms with Crippen molar-refractivity contribution < 1.29 is 14.6 Å². The number of ether oxygens (including phenoxy) is 1. The number of hydrogen-bond acceptors (Lipinski definition) is 3. The first-order chi connectivity index (χ1) is 9.11. The number of carbonyl (C=O) groups excluding carboxylic acids is 1. The standard InChI is InChI=1S/C14H22N2O3/c1-11-5-3-6-13(9-11)19-12(2)10-16-14(18)15-7-4-8-17/h3,5-6,9,12,17H,4,7-8,10H2,1-2H3,(H2,15,16,18). The van der Waals surface area contributed by atoms with Crippen molar-refractivity contribution in [2.24, 2.45) is 0 Å². The zero-order valence-electron chi connectivity index (χ0n) is 11.5. The smallest absolute Gasteiger partial charge is 0.314 e. The molecule has 0 spiro atoms. The minimum absolute atomic E-state index is 0.0765. The van der Waals surface area contributed by atoms with Gasteiger partial charge in [0.05, 0.1) is 6.54 Å². The van der Waals surface area contributed by atoms with Crippen LogP contribution in [-0.2, 0) is 0 Å². The van der Waals surface area contributed by atoms with Gasteiger partial charge in [-0.1, -0.05) is 12.1 Å². The van der Waals surface area contributed by atoms with Gasteiger partial charge in [0, 0.05) is 13.2 Å². The Kier molecular flexibility index (Phi) is 6.74. The van der Waals surface area contributed by atoms with Crippen LogP contribution in [-0.4, -0.2) is 36.9 Å². The average molecular weight is 266 g/mol. The van der Waals surface area contributed by atoms with E-state index in [0.29, 0.717) is 19.5 Å². The molecule has 2 amide bonds.